The number of carbonyl (C=O) groups excluding carboxylic acids is 3. The van der Waals surface area contributed by atoms with Gasteiger partial charge in [-0.25, -0.2) is 0 Å². The van der Waals surface area contributed by atoms with Gasteiger partial charge in [0, 0.05) is 38.6 Å². The average molecular weight is 680 g/mol. The number of aromatic amines is 1. The molecule has 0 radical (unpaired) electrons. The molecule has 1 aliphatic rings. The molecule has 6 aromatic rings. The second-order valence-corrected chi connectivity index (χ2v) is 14.5. The number of hydrazine groups is 1. The lowest BCUT2D eigenvalue weighted by Gasteiger charge is -2.34. The van der Waals surface area contributed by atoms with E-state index in [1.165, 1.54) is 5.56 Å². The van der Waals surface area contributed by atoms with Crippen molar-refractivity contribution in [3.63, 3.8) is 0 Å². The van der Waals surface area contributed by atoms with Crippen molar-refractivity contribution in [1.82, 2.24) is 25.3 Å². The van der Waals surface area contributed by atoms with Gasteiger partial charge in [0.2, 0.25) is 0 Å². The summed E-state index contributed by atoms with van der Waals surface area (Å²) in [6.07, 6.45) is 0.402. The zero-order valence-electron chi connectivity index (χ0n) is 30.1. The van der Waals surface area contributed by atoms with Gasteiger partial charge >= 0.3 is 0 Å². The quantitative estimate of drug-likeness (QED) is 0.134. The molecule has 0 spiro atoms. The fourth-order valence-electron chi connectivity index (χ4n) is 7.93. The van der Waals surface area contributed by atoms with Gasteiger partial charge in [0.05, 0.1) is 11.7 Å². The van der Waals surface area contributed by atoms with E-state index < -0.39 is 18.0 Å². The minimum absolute atomic E-state index is 0.0418. The van der Waals surface area contributed by atoms with E-state index in [2.05, 4.69) is 73.0 Å². The molecule has 8 nitrogen and oxygen atoms in total. The summed E-state index contributed by atoms with van der Waals surface area (Å²) in [5.41, 5.74) is 15.0. The summed E-state index contributed by atoms with van der Waals surface area (Å²) in [5.74, 6) is -0.627. The summed E-state index contributed by atoms with van der Waals surface area (Å²) in [5, 5.41) is 2.11. The van der Waals surface area contributed by atoms with E-state index in [4.69, 9.17) is 0 Å². The molecule has 3 N–H and O–H groups in total. The third kappa shape index (κ3) is 6.09. The van der Waals surface area contributed by atoms with Crippen LogP contribution in [0.2, 0.25) is 0 Å². The lowest BCUT2D eigenvalue weighted by atomic mass is 9.91. The third-order valence-electron chi connectivity index (χ3n) is 10.2. The average Bonchev–Trinajstić information content (AvgIpc) is 3.73. The zero-order valence-corrected chi connectivity index (χ0v) is 30.1. The Morgan fingerprint density at radius 1 is 0.804 bits per heavy atom. The number of H-pyrrole nitrogens is 1. The highest BCUT2D eigenvalue weighted by Gasteiger charge is 2.46. The van der Waals surface area contributed by atoms with Crippen molar-refractivity contribution < 1.29 is 14.4 Å². The predicted molar refractivity (Wildman–Crippen MR) is 203 cm³/mol. The molecule has 3 heterocycles. The first-order chi connectivity index (χ1) is 24.5. The van der Waals surface area contributed by atoms with Gasteiger partial charge in [-0.3, -0.25) is 25.2 Å². The van der Waals surface area contributed by atoms with Gasteiger partial charge in [0.15, 0.2) is 0 Å². The van der Waals surface area contributed by atoms with E-state index in [-0.39, 0.29) is 30.2 Å². The number of aromatic nitrogens is 2. The molecule has 0 fully saturated rings. The molecule has 8 heteroatoms. The van der Waals surface area contributed by atoms with Gasteiger partial charge in [-0.1, -0.05) is 112 Å². The molecule has 2 unspecified atom stereocenters. The highest BCUT2D eigenvalue weighted by atomic mass is 16.2. The van der Waals surface area contributed by atoms with Crippen LogP contribution in [0.5, 0.6) is 0 Å². The standard InChI is InChI=1S/C43H45N5O3/c1-25(2)23-36(42(50)46-45-37(49)24-47-28(6)38(26(3)4)33-16-10-12-18-35(33)47)48-41(30-13-7-8-14-31(30)43(48)51)39-32-15-9-11-17-34(32)44-40(39)29-21-19-27(5)20-22-29/h7-22,25-26,36,41,44H,23-24H2,1-6H3,(H,45,49)(H,46,50). The Bertz CT molecular complexity index is 2280. The Kier molecular flexibility index (Phi) is 9.02. The number of nitrogens with one attached hydrogen (secondary N) is 3. The first kappa shape index (κ1) is 33.8. The fourth-order valence-corrected chi connectivity index (χ4v) is 7.93. The number of hydrogen-bond acceptors (Lipinski definition) is 3. The van der Waals surface area contributed by atoms with Crippen LogP contribution in [-0.2, 0) is 16.1 Å². The molecule has 260 valence electrons. The van der Waals surface area contributed by atoms with Crippen LogP contribution in [-0.4, -0.2) is 38.2 Å². The van der Waals surface area contributed by atoms with Crippen LogP contribution in [0.3, 0.4) is 0 Å². The molecule has 7 rings (SSSR count). The van der Waals surface area contributed by atoms with Crippen molar-refractivity contribution in [3.05, 3.63) is 131 Å². The Labute approximate surface area is 298 Å². The molecule has 2 aromatic heterocycles. The Morgan fingerprint density at radius 2 is 1.47 bits per heavy atom. The van der Waals surface area contributed by atoms with E-state index in [0.29, 0.717) is 12.0 Å². The minimum atomic E-state index is -0.864. The van der Waals surface area contributed by atoms with Crippen LogP contribution < -0.4 is 10.9 Å². The van der Waals surface area contributed by atoms with Crippen molar-refractivity contribution in [2.45, 2.75) is 72.5 Å². The fraction of sp³-hybridized carbons (Fsp3) is 0.279. The largest absolute Gasteiger partial charge is 0.354 e. The van der Waals surface area contributed by atoms with Crippen molar-refractivity contribution >= 4 is 39.5 Å². The van der Waals surface area contributed by atoms with Gasteiger partial charge in [-0.15, -0.1) is 0 Å². The maximum atomic E-state index is 14.5. The molecule has 3 amide bonds. The highest BCUT2D eigenvalue weighted by molar-refractivity contribution is 6.04. The van der Waals surface area contributed by atoms with Gasteiger partial charge in [-0.05, 0) is 67.0 Å². The van der Waals surface area contributed by atoms with Crippen LogP contribution >= 0.6 is 0 Å². The number of hydrogen-bond donors (Lipinski definition) is 3. The van der Waals surface area contributed by atoms with Crippen LogP contribution in [0.1, 0.15) is 84.4 Å². The maximum absolute atomic E-state index is 14.5. The number of aryl methyl sites for hydroxylation is 1. The first-order valence-electron chi connectivity index (χ1n) is 17.8. The topological polar surface area (TPSA) is 99.2 Å². The monoisotopic (exact) mass is 679 g/mol. The summed E-state index contributed by atoms with van der Waals surface area (Å²) in [7, 11) is 0. The highest BCUT2D eigenvalue weighted by Crippen LogP contribution is 2.47. The molecule has 0 bridgehead atoms. The number of para-hydroxylation sites is 2. The first-order valence-corrected chi connectivity index (χ1v) is 17.8. The SMILES string of the molecule is Cc1ccc(-c2[nH]c3ccccc3c2C2c3ccccc3C(=O)N2C(CC(C)C)C(=O)NNC(=O)Cn2c(C)c(C(C)C)c3ccccc32)cc1. The van der Waals surface area contributed by atoms with Crippen LogP contribution in [0.25, 0.3) is 33.1 Å². The lowest BCUT2D eigenvalue weighted by molar-refractivity contribution is -0.132. The number of benzene rings is 4. The molecule has 1 aliphatic heterocycles. The summed E-state index contributed by atoms with van der Waals surface area (Å²) in [6, 6.07) is 30.7. The maximum Gasteiger partial charge on any atom is 0.261 e. The van der Waals surface area contributed by atoms with Gasteiger partial charge in [0.25, 0.3) is 17.7 Å². The van der Waals surface area contributed by atoms with Gasteiger partial charge in [-0.2, -0.15) is 0 Å². The summed E-state index contributed by atoms with van der Waals surface area (Å²) < 4.78 is 2.00. The van der Waals surface area contributed by atoms with Crippen LogP contribution in [0.15, 0.2) is 97.1 Å². The molecule has 0 saturated carbocycles. The van der Waals surface area contributed by atoms with E-state index in [0.717, 1.165) is 55.4 Å². The molecule has 2 atom stereocenters. The normalized spacial score (nSPS) is 14.9. The second kappa shape index (κ2) is 13.6. The minimum Gasteiger partial charge on any atom is -0.354 e. The number of nitrogens with zero attached hydrogens (tertiary/aromatic N) is 2. The van der Waals surface area contributed by atoms with Crippen molar-refractivity contribution in [2.75, 3.05) is 0 Å². The Hall–Kier alpha value is -5.63. The van der Waals surface area contributed by atoms with Crippen LogP contribution in [0.4, 0.5) is 0 Å². The summed E-state index contributed by atoms with van der Waals surface area (Å²) in [4.78, 5) is 47.7. The predicted octanol–water partition coefficient (Wildman–Crippen LogP) is 8.34. The van der Waals surface area contributed by atoms with E-state index in [1.807, 2.05) is 86.0 Å². The molecular formula is C43H45N5O3. The molecule has 0 saturated heterocycles. The van der Waals surface area contributed by atoms with Crippen LogP contribution in [0, 0.1) is 19.8 Å². The van der Waals surface area contributed by atoms with Crippen molar-refractivity contribution in [2.24, 2.45) is 5.92 Å². The van der Waals surface area contributed by atoms with Crippen molar-refractivity contribution in [1.29, 1.82) is 0 Å². The van der Waals surface area contributed by atoms with E-state index in [1.54, 1.807) is 4.90 Å². The number of rotatable bonds is 9. The molecule has 4 aromatic carbocycles. The Balaban J connectivity index is 1.25. The smallest absolute Gasteiger partial charge is 0.261 e. The van der Waals surface area contributed by atoms with Gasteiger partial charge < -0.3 is 14.5 Å². The second-order valence-electron chi connectivity index (χ2n) is 14.5. The third-order valence-corrected chi connectivity index (χ3v) is 10.2. The lowest BCUT2D eigenvalue weighted by Crippen LogP contribution is -2.54. The zero-order chi connectivity index (χ0) is 36.0. The number of carbonyl (C=O) groups is 3. The van der Waals surface area contributed by atoms with Gasteiger partial charge in [0.1, 0.15) is 12.6 Å². The summed E-state index contributed by atoms with van der Waals surface area (Å²) in [6.45, 7) is 12.5. The Morgan fingerprint density at radius 3 is 2.20 bits per heavy atom. The molecule has 51 heavy (non-hydrogen) atoms. The molecular weight excluding hydrogens is 635 g/mol. The summed E-state index contributed by atoms with van der Waals surface area (Å²) >= 11 is 0. The van der Waals surface area contributed by atoms with E-state index >= 15 is 0 Å². The number of fused-ring (bicyclic) bond motifs is 3. The van der Waals surface area contributed by atoms with E-state index in [9.17, 15) is 14.4 Å². The van der Waals surface area contributed by atoms with Crippen molar-refractivity contribution in [3.8, 4) is 11.3 Å². The number of amides is 3. The molecule has 0 aliphatic carbocycles.